The Labute approximate surface area is 196 Å². The van der Waals surface area contributed by atoms with Gasteiger partial charge < -0.3 is 10.2 Å². The van der Waals surface area contributed by atoms with Crippen molar-refractivity contribution < 1.29 is 13.2 Å². The van der Waals surface area contributed by atoms with Crippen LogP contribution in [0.3, 0.4) is 0 Å². The summed E-state index contributed by atoms with van der Waals surface area (Å²) in [5, 5.41) is 16.2. The average molecular weight is 478 g/mol. The molecule has 1 saturated heterocycles. The lowest BCUT2D eigenvalue weighted by atomic mass is 10.1. The van der Waals surface area contributed by atoms with Gasteiger partial charge in [-0.05, 0) is 45.5 Å². The highest BCUT2D eigenvalue weighted by Gasteiger charge is 2.30. The van der Waals surface area contributed by atoms with Crippen molar-refractivity contribution in [1.29, 1.82) is 0 Å². The van der Waals surface area contributed by atoms with E-state index in [1.54, 1.807) is 40.9 Å². The fraction of sp³-hybridized carbons (Fsp3) is 0.217. The van der Waals surface area contributed by atoms with E-state index in [1.165, 1.54) is 4.31 Å². The molecule has 5 rings (SSSR count). The van der Waals surface area contributed by atoms with Crippen LogP contribution < -0.4 is 5.32 Å². The Morgan fingerprint density at radius 3 is 2.41 bits per heavy atom. The smallest absolute Gasteiger partial charge is 0.321 e. The Hall–Kier alpha value is -3.83. The van der Waals surface area contributed by atoms with Crippen LogP contribution in [0.25, 0.3) is 22.2 Å². The zero-order valence-electron chi connectivity index (χ0n) is 18.5. The largest absolute Gasteiger partial charge is 0.322 e. The number of anilines is 1. The Morgan fingerprint density at radius 2 is 1.68 bits per heavy atom. The maximum atomic E-state index is 13.2. The molecule has 11 heteroatoms. The van der Waals surface area contributed by atoms with E-state index in [4.69, 9.17) is 0 Å². The average Bonchev–Trinajstić information content (AvgIpc) is 3.30. The summed E-state index contributed by atoms with van der Waals surface area (Å²) in [6, 6.07) is 19.8. The number of sulfonamides is 1. The number of nitrogens with zero attached hydrogens (tertiary/aromatic N) is 6. The van der Waals surface area contributed by atoms with Crippen LogP contribution in [0, 0.1) is 0 Å². The maximum absolute atomic E-state index is 13.2. The normalized spacial score (nSPS) is 14.9. The van der Waals surface area contributed by atoms with Crippen molar-refractivity contribution in [2.24, 2.45) is 7.05 Å². The number of hydrogen-bond donors (Lipinski definition) is 1. The number of aromatic nitrogens is 4. The fourth-order valence-electron chi connectivity index (χ4n) is 4.02. The quantitative estimate of drug-likeness (QED) is 0.483. The molecule has 1 fully saturated rings. The molecular weight excluding hydrogens is 454 g/mol. The molecule has 34 heavy (non-hydrogen) atoms. The van der Waals surface area contributed by atoms with Crippen LogP contribution in [-0.4, -0.2) is 70.0 Å². The number of piperazine rings is 1. The third-order valence-corrected chi connectivity index (χ3v) is 7.77. The Bertz CT molecular complexity index is 1460. The van der Waals surface area contributed by atoms with Crippen molar-refractivity contribution in [3.8, 4) is 11.4 Å². The molecule has 0 spiro atoms. The maximum Gasteiger partial charge on any atom is 0.321 e. The number of carbonyl (C=O) groups excluding carboxylic acids is 1. The van der Waals surface area contributed by atoms with Gasteiger partial charge in [0.25, 0.3) is 0 Å². The van der Waals surface area contributed by atoms with Gasteiger partial charge in [0, 0.05) is 44.5 Å². The summed E-state index contributed by atoms with van der Waals surface area (Å²) >= 11 is 0. The third kappa shape index (κ3) is 4.22. The minimum atomic E-state index is -3.64. The molecule has 1 aliphatic heterocycles. The number of aryl methyl sites for hydroxylation is 1. The van der Waals surface area contributed by atoms with E-state index in [0.717, 1.165) is 16.3 Å². The third-order valence-electron chi connectivity index (χ3n) is 5.88. The van der Waals surface area contributed by atoms with E-state index < -0.39 is 10.0 Å². The molecule has 4 aromatic rings. The van der Waals surface area contributed by atoms with Crippen LogP contribution in [0.1, 0.15) is 0 Å². The van der Waals surface area contributed by atoms with Gasteiger partial charge in [0.15, 0.2) is 5.82 Å². The molecule has 0 atom stereocenters. The van der Waals surface area contributed by atoms with Gasteiger partial charge in [0.05, 0.1) is 4.90 Å². The number of fused-ring (bicyclic) bond motifs is 1. The second kappa shape index (κ2) is 8.84. The zero-order valence-corrected chi connectivity index (χ0v) is 19.3. The van der Waals surface area contributed by atoms with Gasteiger partial charge in [-0.15, -0.1) is 5.10 Å². The van der Waals surface area contributed by atoms with Gasteiger partial charge in [0.2, 0.25) is 10.0 Å². The van der Waals surface area contributed by atoms with Gasteiger partial charge in [0.1, 0.15) is 0 Å². The first-order valence-electron chi connectivity index (χ1n) is 10.8. The zero-order chi connectivity index (χ0) is 23.7. The summed E-state index contributed by atoms with van der Waals surface area (Å²) in [7, 11) is -1.90. The molecule has 1 N–H and O–H groups in total. The van der Waals surface area contributed by atoms with Crippen molar-refractivity contribution in [2.75, 3.05) is 31.5 Å². The van der Waals surface area contributed by atoms with Crippen LogP contribution in [0.4, 0.5) is 10.5 Å². The van der Waals surface area contributed by atoms with Crippen LogP contribution in [0.2, 0.25) is 0 Å². The summed E-state index contributed by atoms with van der Waals surface area (Å²) < 4.78 is 29.3. The molecule has 2 heterocycles. The lowest BCUT2D eigenvalue weighted by Crippen LogP contribution is -2.51. The number of urea groups is 1. The fourth-order valence-corrected chi connectivity index (χ4v) is 5.48. The molecule has 0 bridgehead atoms. The van der Waals surface area contributed by atoms with E-state index in [9.17, 15) is 13.2 Å². The van der Waals surface area contributed by atoms with Gasteiger partial charge in [-0.2, -0.15) is 4.31 Å². The highest BCUT2D eigenvalue weighted by atomic mass is 32.2. The van der Waals surface area contributed by atoms with Crippen LogP contribution >= 0.6 is 0 Å². The molecule has 2 amide bonds. The first-order valence-corrected chi connectivity index (χ1v) is 12.2. The molecule has 0 saturated carbocycles. The molecule has 174 valence electrons. The Morgan fingerprint density at radius 1 is 0.912 bits per heavy atom. The molecule has 0 unspecified atom stereocenters. The molecule has 1 aliphatic rings. The van der Waals surface area contributed by atoms with E-state index in [1.807, 2.05) is 42.5 Å². The van der Waals surface area contributed by atoms with E-state index in [2.05, 4.69) is 20.8 Å². The molecule has 10 nitrogen and oxygen atoms in total. The highest BCUT2D eigenvalue weighted by Crippen LogP contribution is 2.24. The topological polar surface area (TPSA) is 113 Å². The Balaban J connectivity index is 1.24. The lowest BCUT2D eigenvalue weighted by molar-refractivity contribution is 0.184. The van der Waals surface area contributed by atoms with Crippen molar-refractivity contribution in [2.45, 2.75) is 4.90 Å². The minimum Gasteiger partial charge on any atom is -0.322 e. The number of amides is 2. The summed E-state index contributed by atoms with van der Waals surface area (Å²) in [5.41, 5.74) is 1.38. The number of benzene rings is 3. The van der Waals surface area contributed by atoms with Gasteiger partial charge >= 0.3 is 6.03 Å². The Kier molecular flexibility index (Phi) is 5.72. The summed E-state index contributed by atoms with van der Waals surface area (Å²) in [6.45, 7) is 1.05. The first-order chi connectivity index (χ1) is 16.4. The standard InChI is InChI=1S/C23H23N7O3S/c1-28-22(25-26-27-28)19-7-4-8-20(15-19)24-23(31)29-11-13-30(14-12-29)34(32,33)21-10-9-17-5-2-3-6-18(17)16-21/h2-10,15-16H,11-14H2,1H3,(H,24,31). The number of hydrogen-bond acceptors (Lipinski definition) is 6. The predicted octanol–water partition coefficient (Wildman–Crippen LogP) is 2.57. The summed E-state index contributed by atoms with van der Waals surface area (Å²) in [5.74, 6) is 0.587. The van der Waals surface area contributed by atoms with Gasteiger partial charge in [-0.1, -0.05) is 42.5 Å². The number of rotatable bonds is 4. The van der Waals surface area contributed by atoms with Gasteiger partial charge in [-0.3, -0.25) is 0 Å². The molecule has 1 aromatic heterocycles. The second-order valence-electron chi connectivity index (χ2n) is 8.04. The van der Waals surface area contributed by atoms with Crippen molar-refractivity contribution in [3.63, 3.8) is 0 Å². The first kappa shape index (κ1) is 22.0. The van der Waals surface area contributed by atoms with Crippen LogP contribution in [0.5, 0.6) is 0 Å². The minimum absolute atomic E-state index is 0.229. The lowest BCUT2D eigenvalue weighted by Gasteiger charge is -2.34. The van der Waals surface area contributed by atoms with E-state index in [-0.39, 0.29) is 24.0 Å². The highest BCUT2D eigenvalue weighted by molar-refractivity contribution is 7.89. The van der Waals surface area contributed by atoms with Crippen molar-refractivity contribution in [1.82, 2.24) is 29.4 Å². The van der Waals surface area contributed by atoms with Gasteiger partial charge in [-0.25, -0.2) is 17.9 Å². The predicted molar refractivity (Wildman–Crippen MR) is 128 cm³/mol. The van der Waals surface area contributed by atoms with Crippen LogP contribution in [-0.2, 0) is 17.1 Å². The number of nitrogens with one attached hydrogen (secondary N) is 1. The van der Waals surface area contributed by atoms with E-state index in [0.29, 0.717) is 24.6 Å². The van der Waals surface area contributed by atoms with E-state index >= 15 is 0 Å². The molecule has 0 radical (unpaired) electrons. The molecule has 0 aliphatic carbocycles. The molecular formula is C23H23N7O3S. The van der Waals surface area contributed by atoms with Crippen LogP contribution in [0.15, 0.2) is 71.6 Å². The second-order valence-corrected chi connectivity index (χ2v) is 9.98. The SMILES string of the molecule is Cn1nnnc1-c1cccc(NC(=O)N2CCN(S(=O)(=O)c3ccc4ccccc4c3)CC2)c1. The summed E-state index contributed by atoms with van der Waals surface area (Å²) in [6.07, 6.45) is 0. The number of carbonyl (C=O) groups is 1. The monoisotopic (exact) mass is 477 g/mol. The summed E-state index contributed by atoms with van der Waals surface area (Å²) in [4.78, 5) is 14.7. The van der Waals surface area contributed by atoms with Crippen molar-refractivity contribution >= 4 is 32.5 Å². The van der Waals surface area contributed by atoms with Crippen molar-refractivity contribution in [3.05, 3.63) is 66.7 Å². The number of tetrazole rings is 1. The molecule has 3 aromatic carbocycles.